The molecule has 4 rings (SSSR count). The van der Waals surface area contributed by atoms with Crippen LogP contribution in [0.3, 0.4) is 0 Å². The highest BCUT2D eigenvalue weighted by atomic mass is 32.1. The number of piperidine rings is 1. The molecule has 1 fully saturated rings. The molecule has 0 N–H and O–H groups in total. The molecule has 1 saturated heterocycles. The molecule has 7 heteroatoms. The van der Waals surface area contributed by atoms with E-state index in [2.05, 4.69) is 23.1 Å². The van der Waals surface area contributed by atoms with E-state index in [4.69, 9.17) is 14.5 Å². The van der Waals surface area contributed by atoms with Crippen molar-refractivity contribution in [2.75, 3.05) is 40.9 Å². The number of amides is 1. The van der Waals surface area contributed by atoms with Gasteiger partial charge in [0.15, 0.2) is 11.5 Å². The summed E-state index contributed by atoms with van der Waals surface area (Å²) in [5.41, 5.74) is 2.03. The van der Waals surface area contributed by atoms with Crippen LogP contribution in [-0.4, -0.2) is 61.6 Å². The molecule has 1 aromatic heterocycles. The molecule has 2 heterocycles. The van der Waals surface area contributed by atoms with E-state index in [0.717, 1.165) is 37.0 Å². The molecule has 1 amide bonds. The molecule has 3 aromatic rings. The SMILES string of the molecule is COc1cccc(CN(C)C(=O)CN2CCC(c3nc4ccccc4s3)CC2)c1OC. The lowest BCUT2D eigenvalue weighted by molar-refractivity contribution is -0.131. The number of likely N-dealkylation sites (tertiary alicyclic amines) is 1. The Kier molecular flexibility index (Phi) is 6.73. The molecular formula is C24H29N3O3S. The zero-order valence-electron chi connectivity index (χ0n) is 18.3. The number of nitrogens with zero attached hydrogens (tertiary/aromatic N) is 3. The quantitative estimate of drug-likeness (QED) is 0.554. The third-order valence-electron chi connectivity index (χ3n) is 5.92. The van der Waals surface area contributed by atoms with Crippen LogP contribution >= 0.6 is 11.3 Å². The minimum atomic E-state index is 0.114. The molecule has 6 nitrogen and oxygen atoms in total. The Morgan fingerprint density at radius 3 is 2.61 bits per heavy atom. The fraction of sp³-hybridized carbons (Fsp3) is 0.417. The summed E-state index contributed by atoms with van der Waals surface area (Å²) in [5.74, 6) is 1.96. The zero-order valence-corrected chi connectivity index (χ0v) is 19.2. The van der Waals surface area contributed by atoms with Gasteiger partial charge in [-0.1, -0.05) is 24.3 Å². The molecule has 164 valence electrons. The lowest BCUT2D eigenvalue weighted by Crippen LogP contribution is -2.41. The maximum Gasteiger partial charge on any atom is 0.236 e. The average Bonchev–Trinajstić information content (AvgIpc) is 3.23. The highest BCUT2D eigenvalue weighted by Crippen LogP contribution is 2.34. The third kappa shape index (κ3) is 4.83. The number of para-hydroxylation sites is 2. The van der Waals surface area contributed by atoms with Gasteiger partial charge in [0.05, 0.1) is 36.0 Å². The summed E-state index contributed by atoms with van der Waals surface area (Å²) in [6.07, 6.45) is 2.08. The average molecular weight is 440 g/mol. The number of aromatic nitrogens is 1. The fourth-order valence-electron chi connectivity index (χ4n) is 4.14. The van der Waals surface area contributed by atoms with Crippen LogP contribution in [0, 0.1) is 0 Å². The van der Waals surface area contributed by atoms with Crippen LogP contribution in [0.4, 0.5) is 0 Å². The number of likely N-dealkylation sites (N-methyl/N-ethyl adjacent to an activating group) is 1. The van der Waals surface area contributed by atoms with Gasteiger partial charge in [-0.2, -0.15) is 0 Å². The van der Waals surface area contributed by atoms with Crippen molar-refractivity contribution in [2.24, 2.45) is 0 Å². The lowest BCUT2D eigenvalue weighted by atomic mass is 9.97. The molecule has 0 unspecified atom stereocenters. The number of rotatable bonds is 7. The predicted molar refractivity (Wildman–Crippen MR) is 124 cm³/mol. The van der Waals surface area contributed by atoms with Crippen LogP contribution in [0.25, 0.3) is 10.2 Å². The van der Waals surface area contributed by atoms with E-state index >= 15 is 0 Å². The molecule has 1 aliphatic rings. The second-order valence-corrected chi connectivity index (χ2v) is 9.03. The molecule has 1 aliphatic heterocycles. The van der Waals surface area contributed by atoms with Crippen molar-refractivity contribution in [1.82, 2.24) is 14.8 Å². The van der Waals surface area contributed by atoms with Gasteiger partial charge in [-0.05, 0) is 44.1 Å². The lowest BCUT2D eigenvalue weighted by Gasteiger charge is -2.31. The minimum Gasteiger partial charge on any atom is -0.493 e. The number of ether oxygens (including phenoxy) is 2. The van der Waals surface area contributed by atoms with Gasteiger partial charge >= 0.3 is 0 Å². The maximum atomic E-state index is 12.8. The predicted octanol–water partition coefficient (Wildman–Crippen LogP) is 4.15. The Balaban J connectivity index is 1.31. The first-order valence-electron chi connectivity index (χ1n) is 10.6. The normalized spacial score (nSPS) is 15.2. The number of carbonyl (C=O) groups excluding carboxylic acids is 1. The molecule has 0 saturated carbocycles. The molecule has 0 radical (unpaired) electrons. The van der Waals surface area contributed by atoms with Crippen LogP contribution in [0.5, 0.6) is 11.5 Å². The zero-order chi connectivity index (χ0) is 21.8. The van der Waals surface area contributed by atoms with Gasteiger partial charge < -0.3 is 14.4 Å². The van der Waals surface area contributed by atoms with Crippen LogP contribution in [0.2, 0.25) is 0 Å². The first kappa shape index (κ1) is 21.6. The number of methoxy groups -OCH3 is 2. The molecule has 0 spiro atoms. The summed E-state index contributed by atoms with van der Waals surface area (Å²) in [5, 5.41) is 1.23. The molecular weight excluding hydrogens is 410 g/mol. The van der Waals surface area contributed by atoms with Crippen LogP contribution in [-0.2, 0) is 11.3 Å². The van der Waals surface area contributed by atoms with Gasteiger partial charge in [0.1, 0.15) is 0 Å². The third-order valence-corrected chi connectivity index (χ3v) is 7.12. The Morgan fingerprint density at radius 2 is 1.90 bits per heavy atom. The van der Waals surface area contributed by atoms with Crippen LogP contribution < -0.4 is 9.47 Å². The number of thiazole rings is 1. The molecule has 31 heavy (non-hydrogen) atoms. The number of carbonyl (C=O) groups is 1. The monoisotopic (exact) mass is 439 g/mol. The van der Waals surface area contributed by atoms with Crippen LogP contribution in [0.1, 0.15) is 29.3 Å². The number of hydrogen-bond acceptors (Lipinski definition) is 6. The van der Waals surface area contributed by atoms with Gasteiger partial charge in [0.2, 0.25) is 5.91 Å². The Labute approximate surface area is 187 Å². The van der Waals surface area contributed by atoms with Crippen molar-refractivity contribution in [3.8, 4) is 11.5 Å². The van der Waals surface area contributed by atoms with E-state index < -0.39 is 0 Å². The van der Waals surface area contributed by atoms with E-state index in [1.54, 1.807) is 30.5 Å². The summed E-state index contributed by atoms with van der Waals surface area (Å²) < 4.78 is 12.1. The van der Waals surface area contributed by atoms with Crippen molar-refractivity contribution in [1.29, 1.82) is 0 Å². The Morgan fingerprint density at radius 1 is 1.13 bits per heavy atom. The van der Waals surface area contributed by atoms with Crippen molar-refractivity contribution in [2.45, 2.75) is 25.3 Å². The van der Waals surface area contributed by atoms with Gasteiger partial charge in [0, 0.05) is 25.1 Å². The van der Waals surface area contributed by atoms with E-state index in [-0.39, 0.29) is 5.91 Å². The molecule has 2 aromatic carbocycles. The van der Waals surface area contributed by atoms with Crippen molar-refractivity contribution in [3.63, 3.8) is 0 Å². The van der Waals surface area contributed by atoms with Crippen molar-refractivity contribution in [3.05, 3.63) is 53.0 Å². The topological polar surface area (TPSA) is 54.9 Å². The second kappa shape index (κ2) is 9.66. The summed E-state index contributed by atoms with van der Waals surface area (Å²) in [4.78, 5) is 21.7. The van der Waals surface area contributed by atoms with E-state index in [1.165, 1.54) is 9.71 Å². The molecule has 0 atom stereocenters. The van der Waals surface area contributed by atoms with Gasteiger partial charge in [-0.15, -0.1) is 11.3 Å². The largest absolute Gasteiger partial charge is 0.493 e. The highest BCUT2D eigenvalue weighted by Gasteiger charge is 2.25. The minimum absolute atomic E-state index is 0.114. The summed E-state index contributed by atoms with van der Waals surface area (Å²) >= 11 is 1.80. The second-order valence-electron chi connectivity index (χ2n) is 7.97. The Hall–Kier alpha value is -2.64. The van der Waals surface area contributed by atoms with Gasteiger partial charge in [-0.25, -0.2) is 4.98 Å². The van der Waals surface area contributed by atoms with Gasteiger partial charge in [-0.3, -0.25) is 9.69 Å². The van der Waals surface area contributed by atoms with Crippen LogP contribution in [0.15, 0.2) is 42.5 Å². The van der Waals surface area contributed by atoms with E-state index in [9.17, 15) is 4.79 Å². The number of fused-ring (bicyclic) bond motifs is 1. The maximum absolute atomic E-state index is 12.8. The summed E-state index contributed by atoms with van der Waals surface area (Å²) in [6, 6.07) is 14.1. The highest BCUT2D eigenvalue weighted by molar-refractivity contribution is 7.18. The summed E-state index contributed by atoms with van der Waals surface area (Å²) in [6.45, 7) is 2.77. The standard InChI is InChI=1S/C24H29N3O3S/c1-26(15-18-7-6-9-20(29-2)23(18)30-3)22(28)16-27-13-11-17(12-14-27)24-25-19-8-4-5-10-21(19)31-24/h4-10,17H,11-16H2,1-3H3. The number of benzene rings is 2. The Bertz CT molecular complexity index is 1010. The van der Waals surface area contributed by atoms with Crippen molar-refractivity contribution >= 4 is 27.5 Å². The van der Waals surface area contributed by atoms with Gasteiger partial charge in [0.25, 0.3) is 0 Å². The van der Waals surface area contributed by atoms with E-state index in [1.807, 2.05) is 31.3 Å². The van der Waals surface area contributed by atoms with E-state index in [0.29, 0.717) is 30.5 Å². The van der Waals surface area contributed by atoms with Crippen molar-refractivity contribution < 1.29 is 14.3 Å². The fourth-order valence-corrected chi connectivity index (χ4v) is 5.27. The summed E-state index contributed by atoms with van der Waals surface area (Å²) in [7, 11) is 5.09. The first-order valence-corrected chi connectivity index (χ1v) is 11.4. The molecule has 0 aliphatic carbocycles. The smallest absolute Gasteiger partial charge is 0.236 e. The molecule has 0 bridgehead atoms. The first-order chi connectivity index (χ1) is 15.1. The number of hydrogen-bond donors (Lipinski definition) is 0.